The van der Waals surface area contributed by atoms with E-state index in [2.05, 4.69) is 11.4 Å². The van der Waals surface area contributed by atoms with Crippen LogP contribution in [0, 0.1) is 0 Å². The number of anilines is 1. The lowest BCUT2D eigenvalue weighted by Crippen LogP contribution is -2.25. The second-order valence-corrected chi connectivity index (χ2v) is 5.38. The van der Waals surface area contributed by atoms with Crippen LogP contribution in [0.1, 0.15) is 49.7 Å². The molecular formula is C16H24N2O2. The maximum Gasteiger partial charge on any atom is 0.219 e. The molecule has 0 aliphatic heterocycles. The van der Waals surface area contributed by atoms with Gasteiger partial charge in [-0.15, -0.1) is 0 Å². The number of amides is 1. The number of carbonyl (C=O) groups excluding carboxylic acids is 1. The monoisotopic (exact) mass is 276 g/mol. The molecule has 1 amide bonds. The van der Waals surface area contributed by atoms with Crippen molar-refractivity contribution in [3.8, 4) is 5.75 Å². The molecule has 4 nitrogen and oxygen atoms in total. The molecule has 0 aromatic heterocycles. The average Bonchev–Trinajstić information content (AvgIpc) is 2.84. The number of ether oxygens (including phenoxy) is 1. The number of benzene rings is 1. The van der Waals surface area contributed by atoms with Gasteiger partial charge >= 0.3 is 0 Å². The van der Waals surface area contributed by atoms with Crippen molar-refractivity contribution in [2.45, 2.75) is 44.9 Å². The number of fused-ring (bicyclic) bond motifs is 1. The Labute approximate surface area is 120 Å². The minimum Gasteiger partial charge on any atom is -0.495 e. The molecule has 0 radical (unpaired) electrons. The molecule has 1 aromatic rings. The third-order valence-electron chi connectivity index (χ3n) is 4.02. The van der Waals surface area contributed by atoms with Crippen molar-refractivity contribution in [2.75, 3.05) is 19.4 Å². The molecule has 0 heterocycles. The molecule has 0 saturated carbocycles. The molecule has 3 N–H and O–H groups in total. The fourth-order valence-corrected chi connectivity index (χ4v) is 3.00. The predicted molar refractivity (Wildman–Crippen MR) is 81.0 cm³/mol. The number of nitrogens with one attached hydrogen (secondary N) is 1. The minimum absolute atomic E-state index is 0.143. The SMILES string of the molecule is CCCC(=O)NCCC1CCc2ccc(OC)c(N)c21. The Balaban J connectivity index is 1.99. The highest BCUT2D eigenvalue weighted by Gasteiger charge is 2.26. The quantitative estimate of drug-likeness (QED) is 0.785. The topological polar surface area (TPSA) is 64.3 Å². The van der Waals surface area contributed by atoms with E-state index in [-0.39, 0.29) is 5.91 Å². The van der Waals surface area contributed by atoms with Crippen LogP contribution >= 0.6 is 0 Å². The Morgan fingerprint density at radius 2 is 2.30 bits per heavy atom. The fourth-order valence-electron chi connectivity index (χ4n) is 3.00. The molecule has 1 atom stereocenters. The molecular weight excluding hydrogens is 252 g/mol. The largest absolute Gasteiger partial charge is 0.495 e. The Kier molecular flexibility index (Phi) is 4.88. The first-order chi connectivity index (χ1) is 9.67. The van der Waals surface area contributed by atoms with Crippen LogP contribution in [0.3, 0.4) is 0 Å². The van der Waals surface area contributed by atoms with E-state index in [0.717, 1.165) is 43.7 Å². The molecule has 1 unspecified atom stereocenters. The molecule has 0 saturated heterocycles. The summed E-state index contributed by atoms with van der Waals surface area (Å²) < 4.78 is 5.30. The first-order valence-electron chi connectivity index (χ1n) is 7.39. The highest BCUT2D eigenvalue weighted by molar-refractivity contribution is 5.75. The fraction of sp³-hybridized carbons (Fsp3) is 0.562. The van der Waals surface area contributed by atoms with Gasteiger partial charge in [0.05, 0.1) is 12.8 Å². The Bertz CT molecular complexity index is 486. The molecule has 1 aromatic carbocycles. The first-order valence-corrected chi connectivity index (χ1v) is 7.39. The molecule has 0 fully saturated rings. The summed E-state index contributed by atoms with van der Waals surface area (Å²) in [6.45, 7) is 2.74. The van der Waals surface area contributed by atoms with Gasteiger partial charge in [-0.3, -0.25) is 4.79 Å². The standard InChI is InChI=1S/C16H24N2O2/c1-3-4-14(19)18-10-9-12-6-5-11-7-8-13(20-2)16(17)15(11)12/h7-8,12H,3-6,9-10,17H2,1-2H3,(H,18,19). The summed E-state index contributed by atoms with van der Waals surface area (Å²) in [4.78, 5) is 11.5. The number of methoxy groups -OCH3 is 1. The van der Waals surface area contributed by atoms with Crippen LogP contribution in [0.4, 0.5) is 5.69 Å². The smallest absolute Gasteiger partial charge is 0.219 e. The predicted octanol–water partition coefficient (Wildman–Crippen LogP) is 2.61. The van der Waals surface area contributed by atoms with Gasteiger partial charge in [-0.2, -0.15) is 0 Å². The van der Waals surface area contributed by atoms with Crippen molar-refractivity contribution in [3.05, 3.63) is 23.3 Å². The third-order valence-corrected chi connectivity index (χ3v) is 4.02. The zero-order valence-electron chi connectivity index (χ0n) is 12.4. The second-order valence-electron chi connectivity index (χ2n) is 5.38. The van der Waals surface area contributed by atoms with Gasteiger partial charge in [0.15, 0.2) is 0 Å². The van der Waals surface area contributed by atoms with Crippen molar-refractivity contribution >= 4 is 11.6 Å². The van der Waals surface area contributed by atoms with E-state index < -0.39 is 0 Å². The summed E-state index contributed by atoms with van der Waals surface area (Å²) in [6.07, 6.45) is 4.62. The number of nitrogen functional groups attached to an aromatic ring is 1. The van der Waals surface area contributed by atoms with E-state index in [1.54, 1.807) is 7.11 Å². The van der Waals surface area contributed by atoms with E-state index in [1.807, 2.05) is 13.0 Å². The van der Waals surface area contributed by atoms with Gasteiger partial charge in [-0.25, -0.2) is 0 Å². The second kappa shape index (κ2) is 6.64. The Morgan fingerprint density at radius 1 is 1.50 bits per heavy atom. The zero-order chi connectivity index (χ0) is 14.5. The van der Waals surface area contributed by atoms with Gasteiger partial charge in [0.1, 0.15) is 5.75 Å². The number of rotatable bonds is 6. The summed E-state index contributed by atoms with van der Waals surface area (Å²) in [7, 11) is 1.65. The van der Waals surface area contributed by atoms with Crippen LogP contribution in [-0.2, 0) is 11.2 Å². The highest BCUT2D eigenvalue weighted by Crippen LogP contribution is 2.42. The minimum atomic E-state index is 0.143. The molecule has 110 valence electrons. The molecule has 20 heavy (non-hydrogen) atoms. The van der Waals surface area contributed by atoms with Crippen LogP contribution in [0.5, 0.6) is 5.75 Å². The molecule has 4 heteroatoms. The van der Waals surface area contributed by atoms with E-state index in [0.29, 0.717) is 12.3 Å². The van der Waals surface area contributed by atoms with Crippen LogP contribution in [0.25, 0.3) is 0 Å². The zero-order valence-corrected chi connectivity index (χ0v) is 12.4. The summed E-state index contributed by atoms with van der Waals surface area (Å²) in [5, 5.41) is 2.98. The lowest BCUT2D eigenvalue weighted by Gasteiger charge is -2.16. The van der Waals surface area contributed by atoms with Crippen LogP contribution in [0.15, 0.2) is 12.1 Å². The van der Waals surface area contributed by atoms with Crippen molar-refractivity contribution in [3.63, 3.8) is 0 Å². The summed E-state index contributed by atoms with van der Waals surface area (Å²) in [6, 6.07) is 4.06. The van der Waals surface area contributed by atoms with Gasteiger partial charge in [-0.1, -0.05) is 13.0 Å². The maximum atomic E-state index is 11.5. The van der Waals surface area contributed by atoms with Crippen LogP contribution in [0.2, 0.25) is 0 Å². The lowest BCUT2D eigenvalue weighted by molar-refractivity contribution is -0.121. The summed E-state index contributed by atoms with van der Waals surface area (Å²) in [5.74, 6) is 1.33. The highest BCUT2D eigenvalue weighted by atomic mass is 16.5. The Hall–Kier alpha value is -1.71. The molecule has 1 aliphatic rings. The van der Waals surface area contributed by atoms with Gasteiger partial charge in [-0.05, 0) is 48.8 Å². The summed E-state index contributed by atoms with van der Waals surface area (Å²) >= 11 is 0. The Morgan fingerprint density at radius 3 is 3.00 bits per heavy atom. The molecule has 0 spiro atoms. The number of aryl methyl sites for hydroxylation is 1. The number of nitrogens with two attached hydrogens (primary N) is 1. The molecule has 2 rings (SSSR count). The first kappa shape index (κ1) is 14.7. The van der Waals surface area contributed by atoms with Gasteiger partial charge < -0.3 is 15.8 Å². The number of hydrogen-bond donors (Lipinski definition) is 2. The summed E-state index contributed by atoms with van der Waals surface area (Å²) in [5.41, 5.74) is 9.53. The average molecular weight is 276 g/mol. The van der Waals surface area contributed by atoms with Gasteiger partial charge in [0, 0.05) is 13.0 Å². The normalized spacial score (nSPS) is 16.8. The van der Waals surface area contributed by atoms with Crippen molar-refractivity contribution in [1.82, 2.24) is 5.32 Å². The van der Waals surface area contributed by atoms with Crippen molar-refractivity contribution < 1.29 is 9.53 Å². The van der Waals surface area contributed by atoms with E-state index >= 15 is 0 Å². The van der Waals surface area contributed by atoms with Gasteiger partial charge in [0.2, 0.25) is 5.91 Å². The van der Waals surface area contributed by atoms with Crippen molar-refractivity contribution in [2.24, 2.45) is 0 Å². The van der Waals surface area contributed by atoms with E-state index in [1.165, 1.54) is 11.1 Å². The van der Waals surface area contributed by atoms with Gasteiger partial charge in [0.25, 0.3) is 0 Å². The van der Waals surface area contributed by atoms with Crippen LogP contribution in [-0.4, -0.2) is 19.6 Å². The lowest BCUT2D eigenvalue weighted by atomic mass is 9.96. The molecule has 0 bridgehead atoms. The van der Waals surface area contributed by atoms with E-state index in [9.17, 15) is 4.79 Å². The van der Waals surface area contributed by atoms with E-state index in [4.69, 9.17) is 10.5 Å². The van der Waals surface area contributed by atoms with Crippen LogP contribution < -0.4 is 15.8 Å². The number of hydrogen-bond acceptors (Lipinski definition) is 3. The number of carbonyl (C=O) groups is 1. The third kappa shape index (κ3) is 3.06. The molecule has 1 aliphatic carbocycles. The maximum absolute atomic E-state index is 11.5. The van der Waals surface area contributed by atoms with Crippen molar-refractivity contribution in [1.29, 1.82) is 0 Å².